The molecule has 1 heterocycles. The standard InChI is InChI=1S/C25H30N2O4/c1-18-5-9-20(10-6-18)17-27-24(28)22(21-11-7-19(2)8-12-21)23(25(27)29)26(13-15-30-3)14-16-31-4/h5-12H,13-17H2,1-4H3. The van der Waals surface area contributed by atoms with Gasteiger partial charge in [0.1, 0.15) is 5.70 Å². The van der Waals surface area contributed by atoms with Crippen molar-refractivity contribution in [2.45, 2.75) is 20.4 Å². The van der Waals surface area contributed by atoms with Crippen molar-refractivity contribution in [3.8, 4) is 0 Å². The molecule has 0 spiro atoms. The lowest BCUT2D eigenvalue weighted by atomic mass is 10.0. The second kappa shape index (κ2) is 10.4. The zero-order valence-electron chi connectivity index (χ0n) is 18.7. The van der Waals surface area contributed by atoms with Crippen LogP contribution in [0.25, 0.3) is 5.57 Å². The van der Waals surface area contributed by atoms with Crippen LogP contribution in [0.3, 0.4) is 0 Å². The maximum atomic E-state index is 13.5. The number of aryl methyl sites for hydroxylation is 2. The lowest BCUT2D eigenvalue weighted by Gasteiger charge is -2.25. The van der Waals surface area contributed by atoms with Crippen LogP contribution in [0, 0.1) is 13.8 Å². The first-order valence-electron chi connectivity index (χ1n) is 10.4. The Balaban J connectivity index is 2.02. The van der Waals surface area contributed by atoms with Crippen molar-refractivity contribution in [1.82, 2.24) is 9.80 Å². The molecule has 6 heteroatoms. The Morgan fingerprint density at radius 3 is 1.81 bits per heavy atom. The Morgan fingerprint density at radius 1 is 0.774 bits per heavy atom. The number of nitrogens with zero attached hydrogens (tertiary/aromatic N) is 2. The van der Waals surface area contributed by atoms with Crippen molar-refractivity contribution in [3.05, 3.63) is 76.5 Å². The molecule has 0 atom stereocenters. The van der Waals surface area contributed by atoms with Crippen LogP contribution in [0.5, 0.6) is 0 Å². The van der Waals surface area contributed by atoms with Gasteiger partial charge < -0.3 is 14.4 Å². The number of carbonyl (C=O) groups excluding carboxylic acids is 2. The topological polar surface area (TPSA) is 59.1 Å². The SMILES string of the molecule is COCCN(CCOC)C1=C(c2ccc(C)cc2)C(=O)N(Cc2ccc(C)cc2)C1=O. The minimum absolute atomic E-state index is 0.235. The molecule has 2 amide bonds. The number of ether oxygens (including phenoxy) is 2. The van der Waals surface area contributed by atoms with Crippen molar-refractivity contribution in [2.24, 2.45) is 0 Å². The molecule has 6 nitrogen and oxygen atoms in total. The molecule has 0 fully saturated rings. The van der Waals surface area contributed by atoms with E-state index in [1.807, 2.05) is 67.3 Å². The third-order valence-electron chi connectivity index (χ3n) is 5.39. The molecule has 164 valence electrons. The van der Waals surface area contributed by atoms with E-state index in [1.165, 1.54) is 4.90 Å². The fourth-order valence-corrected chi connectivity index (χ4v) is 3.60. The molecule has 2 aromatic carbocycles. The van der Waals surface area contributed by atoms with Gasteiger partial charge in [0.05, 0.1) is 25.3 Å². The summed E-state index contributed by atoms with van der Waals surface area (Å²) in [6.07, 6.45) is 0. The highest BCUT2D eigenvalue weighted by atomic mass is 16.5. The van der Waals surface area contributed by atoms with Gasteiger partial charge in [-0.05, 0) is 25.0 Å². The first kappa shape index (κ1) is 22.7. The normalized spacial score (nSPS) is 14.0. The van der Waals surface area contributed by atoms with Gasteiger partial charge in [-0.2, -0.15) is 0 Å². The number of rotatable bonds is 10. The van der Waals surface area contributed by atoms with Crippen LogP contribution in [0.15, 0.2) is 54.2 Å². The van der Waals surface area contributed by atoms with Gasteiger partial charge in [-0.15, -0.1) is 0 Å². The van der Waals surface area contributed by atoms with Gasteiger partial charge in [0.2, 0.25) is 0 Å². The van der Waals surface area contributed by atoms with Crippen LogP contribution in [0.2, 0.25) is 0 Å². The molecule has 1 aliphatic heterocycles. The molecule has 0 N–H and O–H groups in total. The number of amides is 2. The minimum atomic E-state index is -0.284. The molecule has 0 bridgehead atoms. The molecule has 2 aromatic rings. The summed E-state index contributed by atoms with van der Waals surface area (Å²) in [5.74, 6) is -0.558. The molecule has 0 unspecified atom stereocenters. The molecule has 0 saturated heterocycles. The highest BCUT2D eigenvalue weighted by Gasteiger charge is 2.41. The van der Waals surface area contributed by atoms with Crippen LogP contribution in [-0.4, -0.2) is 62.1 Å². The maximum Gasteiger partial charge on any atom is 0.278 e. The molecule has 0 radical (unpaired) electrons. The second-order valence-electron chi connectivity index (χ2n) is 7.74. The molecule has 0 saturated carbocycles. The van der Waals surface area contributed by atoms with Gasteiger partial charge in [-0.25, -0.2) is 0 Å². The maximum absolute atomic E-state index is 13.5. The summed E-state index contributed by atoms with van der Waals surface area (Å²) in [5.41, 5.74) is 4.73. The number of hydrogen-bond acceptors (Lipinski definition) is 5. The zero-order chi connectivity index (χ0) is 22.4. The minimum Gasteiger partial charge on any atom is -0.383 e. The molecule has 1 aliphatic rings. The van der Waals surface area contributed by atoms with E-state index in [0.717, 1.165) is 22.3 Å². The van der Waals surface area contributed by atoms with E-state index < -0.39 is 0 Å². The van der Waals surface area contributed by atoms with E-state index in [1.54, 1.807) is 14.2 Å². The number of carbonyl (C=O) groups is 2. The molecule has 31 heavy (non-hydrogen) atoms. The highest BCUT2D eigenvalue weighted by molar-refractivity contribution is 6.35. The fraction of sp³-hybridized carbons (Fsp3) is 0.360. The summed E-state index contributed by atoms with van der Waals surface area (Å²) < 4.78 is 10.5. The van der Waals surface area contributed by atoms with E-state index in [4.69, 9.17) is 9.47 Å². The second-order valence-corrected chi connectivity index (χ2v) is 7.74. The van der Waals surface area contributed by atoms with Crippen LogP contribution < -0.4 is 0 Å². The van der Waals surface area contributed by atoms with Crippen LogP contribution >= 0.6 is 0 Å². The van der Waals surface area contributed by atoms with E-state index >= 15 is 0 Å². The van der Waals surface area contributed by atoms with Crippen LogP contribution in [-0.2, 0) is 25.6 Å². The zero-order valence-corrected chi connectivity index (χ0v) is 18.7. The number of benzene rings is 2. The molecule has 0 aromatic heterocycles. The van der Waals surface area contributed by atoms with Gasteiger partial charge >= 0.3 is 0 Å². The van der Waals surface area contributed by atoms with Crippen molar-refractivity contribution in [2.75, 3.05) is 40.5 Å². The third kappa shape index (κ3) is 5.21. The van der Waals surface area contributed by atoms with Gasteiger partial charge in [-0.3, -0.25) is 14.5 Å². The van der Waals surface area contributed by atoms with Gasteiger partial charge in [0.15, 0.2) is 0 Å². The number of methoxy groups -OCH3 is 2. The Kier molecular flexibility index (Phi) is 7.60. The monoisotopic (exact) mass is 422 g/mol. The summed E-state index contributed by atoms with van der Waals surface area (Å²) in [7, 11) is 3.24. The smallest absolute Gasteiger partial charge is 0.278 e. The van der Waals surface area contributed by atoms with Crippen molar-refractivity contribution in [1.29, 1.82) is 0 Å². The Hall–Kier alpha value is -2.96. The van der Waals surface area contributed by atoms with Crippen molar-refractivity contribution in [3.63, 3.8) is 0 Å². The first-order valence-corrected chi connectivity index (χ1v) is 10.4. The van der Waals surface area contributed by atoms with Crippen LogP contribution in [0.4, 0.5) is 0 Å². The van der Waals surface area contributed by atoms with E-state index in [2.05, 4.69) is 0 Å². The average Bonchev–Trinajstić information content (AvgIpc) is 3.01. The average molecular weight is 423 g/mol. The van der Waals surface area contributed by atoms with E-state index in [9.17, 15) is 9.59 Å². The summed E-state index contributed by atoms with van der Waals surface area (Å²) in [5, 5.41) is 0. The quantitative estimate of drug-likeness (QED) is 0.551. The van der Waals surface area contributed by atoms with Gasteiger partial charge in [0, 0.05) is 27.3 Å². The lowest BCUT2D eigenvalue weighted by Crippen LogP contribution is -2.37. The van der Waals surface area contributed by atoms with Crippen LogP contribution in [0.1, 0.15) is 22.3 Å². The van der Waals surface area contributed by atoms with Gasteiger partial charge in [-0.1, -0.05) is 59.7 Å². The number of imide groups is 1. The summed E-state index contributed by atoms with van der Waals surface area (Å²) in [6.45, 7) is 6.09. The summed E-state index contributed by atoms with van der Waals surface area (Å²) in [4.78, 5) is 30.3. The Bertz CT molecular complexity index is 940. The van der Waals surface area contributed by atoms with E-state index in [-0.39, 0.29) is 18.4 Å². The first-order chi connectivity index (χ1) is 15.0. The summed E-state index contributed by atoms with van der Waals surface area (Å²) >= 11 is 0. The molecule has 0 aliphatic carbocycles. The molecular weight excluding hydrogens is 392 g/mol. The third-order valence-corrected chi connectivity index (χ3v) is 5.39. The number of hydrogen-bond donors (Lipinski definition) is 0. The summed E-state index contributed by atoms with van der Waals surface area (Å²) in [6, 6.07) is 15.6. The predicted octanol–water partition coefficient (Wildman–Crippen LogP) is 3.18. The highest BCUT2D eigenvalue weighted by Crippen LogP contribution is 2.32. The fourth-order valence-electron chi connectivity index (χ4n) is 3.60. The predicted molar refractivity (Wildman–Crippen MR) is 120 cm³/mol. The largest absolute Gasteiger partial charge is 0.383 e. The van der Waals surface area contributed by atoms with Crippen molar-refractivity contribution < 1.29 is 19.1 Å². The van der Waals surface area contributed by atoms with Gasteiger partial charge in [0.25, 0.3) is 11.8 Å². The van der Waals surface area contributed by atoms with E-state index in [0.29, 0.717) is 37.6 Å². The molecular formula is C25H30N2O4. The lowest BCUT2D eigenvalue weighted by molar-refractivity contribution is -0.138. The molecule has 3 rings (SSSR count). The Labute approximate surface area is 184 Å². The Morgan fingerprint density at radius 2 is 1.29 bits per heavy atom. The van der Waals surface area contributed by atoms with Crippen molar-refractivity contribution >= 4 is 17.4 Å².